The first-order valence-electron chi connectivity index (χ1n) is 5.88. The summed E-state index contributed by atoms with van der Waals surface area (Å²) in [7, 11) is -0.677. The maximum absolute atomic E-state index is 11.0. The monoisotopic (exact) mass is 248 g/mol. The molecule has 1 aliphatic heterocycles. The molecular formula is C11H24N2O2S. The molecule has 0 atom stereocenters. The van der Waals surface area contributed by atoms with Crippen molar-refractivity contribution in [2.45, 2.75) is 19.8 Å². The molecule has 1 fully saturated rings. The average molecular weight is 248 g/mol. The van der Waals surface area contributed by atoms with Crippen molar-refractivity contribution in [3.8, 4) is 0 Å². The van der Waals surface area contributed by atoms with Gasteiger partial charge in [-0.2, -0.15) is 0 Å². The lowest BCUT2D eigenvalue weighted by molar-refractivity contribution is 0.138. The SMILES string of the molecule is CN1CCC(C)(CNCCS(C)(=O)=O)CC1. The highest BCUT2D eigenvalue weighted by atomic mass is 32.2. The molecular weight excluding hydrogens is 224 g/mol. The Morgan fingerprint density at radius 3 is 2.38 bits per heavy atom. The van der Waals surface area contributed by atoms with Gasteiger partial charge in [0.2, 0.25) is 0 Å². The van der Waals surface area contributed by atoms with Crippen molar-refractivity contribution >= 4 is 9.84 Å². The molecule has 0 saturated carbocycles. The number of rotatable bonds is 5. The van der Waals surface area contributed by atoms with Crippen LogP contribution in [-0.4, -0.2) is 58.6 Å². The van der Waals surface area contributed by atoms with E-state index in [0.717, 1.165) is 19.6 Å². The minimum Gasteiger partial charge on any atom is -0.315 e. The molecule has 0 unspecified atom stereocenters. The van der Waals surface area contributed by atoms with E-state index < -0.39 is 9.84 Å². The van der Waals surface area contributed by atoms with Crippen LogP contribution >= 0.6 is 0 Å². The number of likely N-dealkylation sites (tertiary alicyclic amines) is 1. The topological polar surface area (TPSA) is 49.4 Å². The lowest BCUT2D eigenvalue weighted by atomic mass is 9.80. The van der Waals surface area contributed by atoms with Crippen molar-refractivity contribution in [1.29, 1.82) is 0 Å². The Morgan fingerprint density at radius 1 is 1.31 bits per heavy atom. The zero-order valence-corrected chi connectivity index (χ0v) is 11.4. The molecule has 0 spiro atoms. The Bertz CT molecular complexity index is 306. The van der Waals surface area contributed by atoms with E-state index in [0.29, 0.717) is 12.0 Å². The van der Waals surface area contributed by atoms with Crippen LogP contribution in [0.15, 0.2) is 0 Å². The predicted molar refractivity (Wildman–Crippen MR) is 67.4 cm³/mol. The maximum atomic E-state index is 11.0. The Labute approximate surface area is 99.3 Å². The molecule has 0 aromatic rings. The van der Waals surface area contributed by atoms with E-state index >= 15 is 0 Å². The highest BCUT2D eigenvalue weighted by molar-refractivity contribution is 7.90. The maximum Gasteiger partial charge on any atom is 0.148 e. The van der Waals surface area contributed by atoms with Gasteiger partial charge in [0.15, 0.2) is 0 Å². The Hall–Kier alpha value is -0.130. The van der Waals surface area contributed by atoms with Crippen LogP contribution < -0.4 is 5.32 Å². The van der Waals surface area contributed by atoms with Crippen molar-refractivity contribution in [3.05, 3.63) is 0 Å². The Balaban J connectivity index is 2.22. The summed E-state index contributed by atoms with van der Waals surface area (Å²) in [5, 5.41) is 3.27. The summed E-state index contributed by atoms with van der Waals surface area (Å²) < 4.78 is 21.9. The van der Waals surface area contributed by atoms with E-state index in [1.165, 1.54) is 19.1 Å². The molecule has 0 amide bonds. The van der Waals surface area contributed by atoms with Crippen LogP contribution in [0.5, 0.6) is 0 Å². The minimum atomic E-state index is -2.83. The molecule has 1 saturated heterocycles. The number of sulfone groups is 1. The second-order valence-electron chi connectivity index (χ2n) is 5.42. The van der Waals surface area contributed by atoms with Crippen LogP contribution in [0.4, 0.5) is 0 Å². The van der Waals surface area contributed by atoms with E-state index in [4.69, 9.17) is 0 Å². The van der Waals surface area contributed by atoms with Gasteiger partial charge in [-0.15, -0.1) is 0 Å². The smallest absolute Gasteiger partial charge is 0.148 e. The highest BCUT2D eigenvalue weighted by Gasteiger charge is 2.28. The lowest BCUT2D eigenvalue weighted by Gasteiger charge is -2.38. The zero-order valence-electron chi connectivity index (χ0n) is 10.6. The van der Waals surface area contributed by atoms with Crippen molar-refractivity contribution < 1.29 is 8.42 Å². The van der Waals surface area contributed by atoms with Gasteiger partial charge in [-0.1, -0.05) is 6.92 Å². The van der Waals surface area contributed by atoms with Gasteiger partial charge in [0.1, 0.15) is 9.84 Å². The van der Waals surface area contributed by atoms with Gasteiger partial charge in [0.25, 0.3) is 0 Å². The van der Waals surface area contributed by atoms with Crippen LogP contribution in [0.1, 0.15) is 19.8 Å². The highest BCUT2D eigenvalue weighted by Crippen LogP contribution is 2.29. The van der Waals surface area contributed by atoms with E-state index in [9.17, 15) is 8.42 Å². The van der Waals surface area contributed by atoms with Gasteiger partial charge in [-0.25, -0.2) is 8.42 Å². The fraction of sp³-hybridized carbons (Fsp3) is 1.00. The van der Waals surface area contributed by atoms with Gasteiger partial charge in [-0.05, 0) is 38.4 Å². The summed E-state index contributed by atoms with van der Waals surface area (Å²) in [5.74, 6) is 0.239. The third kappa shape index (κ3) is 5.27. The van der Waals surface area contributed by atoms with Gasteiger partial charge >= 0.3 is 0 Å². The van der Waals surface area contributed by atoms with Gasteiger partial charge in [0, 0.05) is 19.3 Å². The molecule has 5 heteroatoms. The molecule has 0 aliphatic carbocycles. The number of hydrogen-bond acceptors (Lipinski definition) is 4. The van der Waals surface area contributed by atoms with Crippen molar-refractivity contribution in [2.75, 3.05) is 45.2 Å². The van der Waals surface area contributed by atoms with Crippen molar-refractivity contribution in [1.82, 2.24) is 10.2 Å². The molecule has 0 aromatic heterocycles. The van der Waals surface area contributed by atoms with Crippen LogP contribution in [0, 0.1) is 5.41 Å². The fourth-order valence-electron chi connectivity index (χ4n) is 1.98. The average Bonchev–Trinajstić information content (AvgIpc) is 2.17. The predicted octanol–water partition coefficient (Wildman–Crippen LogP) is 0.353. The number of nitrogens with zero attached hydrogens (tertiary/aromatic N) is 1. The largest absolute Gasteiger partial charge is 0.315 e. The van der Waals surface area contributed by atoms with Gasteiger partial charge < -0.3 is 10.2 Å². The second kappa shape index (κ2) is 5.47. The standard InChI is InChI=1S/C11H24N2O2S/c1-11(4-7-13(2)8-5-11)10-12-6-9-16(3,14)15/h12H,4-10H2,1-3H3. The summed E-state index contributed by atoms with van der Waals surface area (Å²) >= 11 is 0. The summed E-state index contributed by atoms with van der Waals surface area (Å²) in [5.41, 5.74) is 0.337. The summed E-state index contributed by atoms with van der Waals surface area (Å²) in [4.78, 5) is 2.35. The third-order valence-electron chi connectivity index (χ3n) is 3.40. The molecule has 1 aliphatic rings. The molecule has 0 radical (unpaired) electrons. The van der Waals surface area contributed by atoms with E-state index in [1.807, 2.05) is 0 Å². The molecule has 0 aromatic carbocycles. The van der Waals surface area contributed by atoms with Crippen LogP contribution in [-0.2, 0) is 9.84 Å². The first-order chi connectivity index (χ1) is 7.31. The van der Waals surface area contributed by atoms with E-state index in [-0.39, 0.29) is 5.75 Å². The normalized spacial score (nSPS) is 22.2. The molecule has 0 bridgehead atoms. The van der Waals surface area contributed by atoms with Crippen molar-refractivity contribution in [2.24, 2.45) is 5.41 Å². The number of nitrogens with one attached hydrogen (secondary N) is 1. The molecule has 96 valence electrons. The molecule has 1 rings (SSSR count). The molecule has 1 heterocycles. The molecule has 1 N–H and O–H groups in total. The minimum absolute atomic E-state index is 0.239. The second-order valence-corrected chi connectivity index (χ2v) is 7.68. The van der Waals surface area contributed by atoms with Gasteiger partial charge in [-0.3, -0.25) is 0 Å². The quantitative estimate of drug-likeness (QED) is 0.713. The van der Waals surface area contributed by atoms with Crippen LogP contribution in [0.25, 0.3) is 0 Å². The van der Waals surface area contributed by atoms with E-state index in [1.54, 1.807) is 0 Å². The Kier molecular flexibility index (Phi) is 4.76. The number of piperidine rings is 1. The fourth-order valence-corrected chi connectivity index (χ4v) is 2.50. The molecule has 16 heavy (non-hydrogen) atoms. The summed E-state index contributed by atoms with van der Waals surface area (Å²) in [6.45, 7) is 6.07. The Morgan fingerprint density at radius 2 is 1.88 bits per heavy atom. The van der Waals surface area contributed by atoms with Crippen LogP contribution in [0.3, 0.4) is 0 Å². The van der Waals surface area contributed by atoms with E-state index in [2.05, 4.69) is 24.2 Å². The van der Waals surface area contributed by atoms with Crippen molar-refractivity contribution in [3.63, 3.8) is 0 Å². The first-order valence-corrected chi connectivity index (χ1v) is 7.94. The summed E-state index contributed by atoms with van der Waals surface area (Å²) in [6, 6.07) is 0. The third-order valence-corrected chi connectivity index (χ3v) is 4.34. The lowest BCUT2D eigenvalue weighted by Crippen LogP contribution is -2.42. The summed E-state index contributed by atoms with van der Waals surface area (Å²) in [6.07, 6.45) is 3.66. The van der Waals surface area contributed by atoms with Crippen LogP contribution in [0.2, 0.25) is 0 Å². The number of hydrogen-bond donors (Lipinski definition) is 1. The van der Waals surface area contributed by atoms with Gasteiger partial charge in [0.05, 0.1) is 5.75 Å². The first kappa shape index (κ1) is 13.9. The zero-order chi connectivity index (χ0) is 12.2. The molecule has 4 nitrogen and oxygen atoms in total.